The molecule has 0 bridgehead atoms. The van der Waals surface area contributed by atoms with Crippen LogP contribution in [0.2, 0.25) is 0 Å². The number of carbonyl (C=O) groups is 2. The number of amides is 2. The number of aromatic nitrogens is 2. The zero-order chi connectivity index (χ0) is 20.5. The zero-order valence-corrected chi connectivity index (χ0v) is 17.4. The molecule has 1 aliphatic heterocycles. The van der Waals surface area contributed by atoms with Crippen LogP contribution in [0.4, 0.5) is 5.69 Å². The molecule has 156 valence electrons. The predicted octanol–water partition coefficient (Wildman–Crippen LogP) is 2.30. The summed E-state index contributed by atoms with van der Waals surface area (Å²) in [6.07, 6.45) is 3.75. The molecule has 1 atom stereocenters. The molecule has 0 spiro atoms. The smallest absolute Gasteiger partial charge is 0.286 e. The maximum atomic E-state index is 12.2. The summed E-state index contributed by atoms with van der Waals surface area (Å²) in [5, 5.41) is 14.3. The third-order valence-electron chi connectivity index (χ3n) is 4.81. The first-order chi connectivity index (χ1) is 14.1. The zero-order valence-electron chi connectivity index (χ0n) is 16.6. The highest BCUT2D eigenvalue weighted by Gasteiger charge is 2.17. The molecule has 29 heavy (non-hydrogen) atoms. The number of ether oxygens (including phenoxy) is 1. The van der Waals surface area contributed by atoms with Gasteiger partial charge in [-0.1, -0.05) is 36.0 Å². The van der Waals surface area contributed by atoms with Crippen molar-refractivity contribution in [1.29, 1.82) is 0 Å². The molecule has 1 aromatic heterocycles. The van der Waals surface area contributed by atoms with E-state index in [2.05, 4.69) is 32.7 Å². The van der Waals surface area contributed by atoms with Crippen molar-refractivity contribution in [2.24, 2.45) is 0 Å². The Morgan fingerprint density at radius 3 is 2.86 bits per heavy atom. The van der Waals surface area contributed by atoms with E-state index in [1.165, 1.54) is 19.3 Å². The molecule has 9 heteroatoms. The van der Waals surface area contributed by atoms with Crippen LogP contribution in [0.15, 0.2) is 30.3 Å². The highest BCUT2D eigenvalue weighted by Crippen LogP contribution is 2.15. The van der Waals surface area contributed by atoms with E-state index in [0.717, 1.165) is 24.4 Å². The average molecular weight is 418 g/mol. The number of nitrogens with zero attached hydrogens (tertiary/aromatic N) is 3. The van der Waals surface area contributed by atoms with Crippen molar-refractivity contribution in [2.75, 3.05) is 31.6 Å². The summed E-state index contributed by atoms with van der Waals surface area (Å²) in [6.45, 7) is 4.93. The van der Waals surface area contributed by atoms with Gasteiger partial charge in [0.05, 0.1) is 0 Å². The van der Waals surface area contributed by atoms with Crippen molar-refractivity contribution < 1.29 is 14.3 Å². The number of likely N-dealkylation sites (tertiary alicyclic amines) is 1. The number of anilines is 1. The van der Waals surface area contributed by atoms with Gasteiger partial charge in [0, 0.05) is 24.8 Å². The molecule has 3 rings (SSSR count). The van der Waals surface area contributed by atoms with Gasteiger partial charge in [0.15, 0.2) is 0 Å². The summed E-state index contributed by atoms with van der Waals surface area (Å²) >= 11 is 1.15. The lowest BCUT2D eigenvalue weighted by atomic mass is 10.0. The minimum Gasteiger partial charge on any atom is -0.364 e. The van der Waals surface area contributed by atoms with Gasteiger partial charge in [0.25, 0.3) is 5.91 Å². The fraction of sp³-hybridized carbons (Fsp3) is 0.500. The van der Waals surface area contributed by atoms with E-state index in [0.29, 0.717) is 23.3 Å². The summed E-state index contributed by atoms with van der Waals surface area (Å²) in [4.78, 5) is 26.5. The minimum atomic E-state index is -0.315. The van der Waals surface area contributed by atoms with Gasteiger partial charge >= 0.3 is 0 Å². The van der Waals surface area contributed by atoms with Crippen LogP contribution < -0.4 is 10.6 Å². The van der Waals surface area contributed by atoms with Crippen molar-refractivity contribution in [3.8, 4) is 0 Å². The van der Waals surface area contributed by atoms with Gasteiger partial charge in [0.2, 0.25) is 10.9 Å². The first-order valence-electron chi connectivity index (χ1n) is 9.89. The first kappa shape index (κ1) is 21.4. The molecule has 8 nitrogen and oxygen atoms in total. The Bertz CT molecular complexity index is 798. The molecule has 2 N–H and O–H groups in total. The molecule has 1 aliphatic rings. The number of benzene rings is 1. The van der Waals surface area contributed by atoms with Crippen LogP contribution in [0.1, 0.15) is 41.0 Å². The molecule has 1 aromatic carbocycles. The molecule has 0 unspecified atom stereocenters. The number of rotatable bonds is 9. The Balaban J connectivity index is 1.33. The SMILES string of the molecule is C[C@H]1CCCCN1CCNC(=O)COCc1nnc(C(=O)Nc2ccccc2)s1. The molecule has 2 aromatic rings. The van der Waals surface area contributed by atoms with E-state index >= 15 is 0 Å². The van der Waals surface area contributed by atoms with Crippen molar-refractivity contribution in [3.63, 3.8) is 0 Å². The van der Waals surface area contributed by atoms with Crippen LogP contribution in [0.3, 0.4) is 0 Å². The van der Waals surface area contributed by atoms with Crippen LogP contribution in [0.25, 0.3) is 0 Å². The molecule has 2 amide bonds. The largest absolute Gasteiger partial charge is 0.364 e. The molecule has 2 heterocycles. The number of piperidine rings is 1. The maximum Gasteiger partial charge on any atom is 0.286 e. The molecule has 0 aliphatic carbocycles. The van der Waals surface area contributed by atoms with E-state index in [1.807, 2.05) is 18.2 Å². The van der Waals surface area contributed by atoms with Crippen molar-refractivity contribution in [2.45, 2.75) is 38.8 Å². The molecule has 1 saturated heterocycles. The lowest BCUT2D eigenvalue weighted by molar-refractivity contribution is -0.126. The van der Waals surface area contributed by atoms with Gasteiger partial charge in [-0.2, -0.15) is 0 Å². The van der Waals surface area contributed by atoms with Crippen LogP contribution in [-0.4, -0.2) is 59.2 Å². The van der Waals surface area contributed by atoms with E-state index in [9.17, 15) is 9.59 Å². The molecular formula is C20H27N5O3S. The molecular weight excluding hydrogens is 390 g/mol. The van der Waals surface area contributed by atoms with Gasteiger partial charge in [0.1, 0.15) is 18.2 Å². The Labute approximate surface area is 174 Å². The maximum absolute atomic E-state index is 12.2. The van der Waals surface area contributed by atoms with E-state index in [1.54, 1.807) is 12.1 Å². The second kappa shape index (κ2) is 11.0. The monoisotopic (exact) mass is 417 g/mol. The molecule has 0 radical (unpaired) electrons. The fourth-order valence-corrected chi connectivity index (χ4v) is 3.89. The lowest BCUT2D eigenvalue weighted by Gasteiger charge is -2.33. The number of hydrogen-bond donors (Lipinski definition) is 2. The topological polar surface area (TPSA) is 96.5 Å². The van der Waals surface area contributed by atoms with Gasteiger partial charge < -0.3 is 15.4 Å². The van der Waals surface area contributed by atoms with E-state index in [4.69, 9.17) is 4.74 Å². The highest BCUT2D eigenvalue weighted by atomic mass is 32.1. The second-order valence-corrected chi connectivity index (χ2v) is 8.11. The summed E-state index contributed by atoms with van der Waals surface area (Å²) < 4.78 is 5.41. The highest BCUT2D eigenvalue weighted by molar-refractivity contribution is 7.13. The van der Waals surface area contributed by atoms with Gasteiger partial charge in [-0.3, -0.25) is 14.5 Å². The van der Waals surface area contributed by atoms with Gasteiger partial charge in [-0.15, -0.1) is 10.2 Å². The van der Waals surface area contributed by atoms with Crippen LogP contribution in [0, 0.1) is 0 Å². The van der Waals surface area contributed by atoms with Gasteiger partial charge in [-0.25, -0.2) is 0 Å². The number of nitrogens with one attached hydrogen (secondary N) is 2. The van der Waals surface area contributed by atoms with Crippen molar-refractivity contribution in [1.82, 2.24) is 20.4 Å². The lowest BCUT2D eigenvalue weighted by Crippen LogP contribution is -2.43. The standard InChI is InChI=1S/C20H27N5O3S/c1-15-7-5-6-11-25(15)12-10-21-17(26)13-28-14-18-23-24-20(29-18)19(27)22-16-8-3-2-4-9-16/h2-4,8-9,15H,5-7,10-14H2,1H3,(H,21,26)(H,22,27)/t15-/m0/s1. The molecule has 0 saturated carbocycles. The Hall–Kier alpha value is -2.36. The normalized spacial score (nSPS) is 17.1. The van der Waals surface area contributed by atoms with E-state index in [-0.39, 0.29) is 30.0 Å². The number of para-hydroxylation sites is 1. The summed E-state index contributed by atoms with van der Waals surface area (Å²) in [5.74, 6) is -0.467. The summed E-state index contributed by atoms with van der Waals surface area (Å²) in [5.41, 5.74) is 0.695. The first-order valence-corrected chi connectivity index (χ1v) is 10.7. The average Bonchev–Trinajstić information content (AvgIpc) is 3.19. The Morgan fingerprint density at radius 1 is 1.24 bits per heavy atom. The Kier molecular flexibility index (Phi) is 8.09. The summed E-state index contributed by atoms with van der Waals surface area (Å²) in [6, 6.07) is 9.74. The quantitative estimate of drug-likeness (QED) is 0.650. The van der Waals surface area contributed by atoms with E-state index < -0.39 is 0 Å². The molecule has 1 fully saturated rings. The second-order valence-electron chi connectivity index (χ2n) is 7.04. The van der Waals surface area contributed by atoms with Gasteiger partial charge in [-0.05, 0) is 38.4 Å². The van der Waals surface area contributed by atoms with Crippen LogP contribution in [-0.2, 0) is 16.1 Å². The van der Waals surface area contributed by atoms with Crippen LogP contribution >= 0.6 is 11.3 Å². The third-order valence-corrected chi connectivity index (χ3v) is 5.71. The minimum absolute atomic E-state index is 0.0410. The van der Waals surface area contributed by atoms with Crippen molar-refractivity contribution in [3.05, 3.63) is 40.3 Å². The Morgan fingerprint density at radius 2 is 2.07 bits per heavy atom. The predicted molar refractivity (Wildman–Crippen MR) is 112 cm³/mol. The summed E-state index contributed by atoms with van der Waals surface area (Å²) in [7, 11) is 0. The number of hydrogen-bond acceptors (Lipinski definition) is 7. The van der Waals surface area contributed by atoms with Crippen molar-refractivity contribution >= 4 is 28.8 Å². The number of carbonyl (C=O) groups excluding carboxylic acids is 2. The third kappa shape index (κ3) is 6.88. The van der Waals surface area contributed by atoms with Crippen LogP contribution in [0.5, 0.6) is 0 Å². The fourth-order valence-electron chi connectivity index (χ4n) is 3.22.